The van der Waals surface area contributed by atoms with Gasteiger partial charge in [0.05, 0.1) is 11.3 Å². The van der Waals surface area contributed by atoms with E-state index in [0.717, 1.165) is 11.3 Å². The summed E-state index contributed by atoms with van der Waals surface area (Å²) < 4.78 is 1.77. The lowest BCUT2D eigenvalue weighted by Gasteiger charge is -2.05. The Hall–Kier alpha value is -1.94. The van der Waals surface area contributed by atoms with Gasteiger partial charge in [-0.3, -0.25) is 0 Å². The maximum absolute atomic E-state index is 9.15. The molecule has 2 aromatic heterocycles. The van der Waals surface area contributed by atoms with Crippen LogP contribution in [0.25, 0.3) is 0 Å². The quantitative estimate of drug-likeness (QED) is 0.793. The molecule has 6 nitrogen and oxygen atoms in total. The van der Waals surface area contributed by atoms with Crippen molar-refractivity contribution >= 4 is 11.8 Å². The third kappa shape index (κ3) is 2.12. The van der Waals surface area contributed by atoms with E-state index in [4.69, 9.17) is 5.26 Å². The van der Waals surface area contributed by atoms with E-state index in [2.05, 4.69) is 26.5 Å². The van der Waals surface area contributed by atoms with Crippen molar-refractivity contribution in [3.63, 3.8) is 0 Å². The van der Waals surface area contributed by atoms with Crippen LogP contribution in [-0.4, -0.2) is 25.0 Å². The Balaban J connectivity index is 2.44. The average molecular weight is 246 g/mol. The first kappa shape index (κ1) is 11.5. The molecule has 0 unspecified atom stereocenters. The Kier molecular flexibility index (Phi) is 3.06. The van der Waals surface area contributed by atoms with Crippen molar-refractivity contribution in [2.24, 2.45) is 7.05 Å². The number of nitriles is 1. The van der Waals surface area contributed by atoms with Gasteiger partial charge < -0.3 is 4.57 Å². The standard InChI is InChI=1S/C10H10N6S/c1-6-7(2)13-14-9(8(6)4-11)17-10-15-12-5-16(10)3/h5H,1-3H3. The van der Waals surface area contributed by atoms with Gasteiger partial charge in [-0.25, -0.2) is 0 Å². The zero-order valence-corrected chi connectivity index (χ0v) is 10.5. The first-order valence-electron chi connectivity index (χ1n) is 4.89. The zero-order chi connectivity index (χ0) is 12.4. The summed E-state index contributed by atoms with van der Waals surface area (Å²) in [5.74, 6) is 0. The van der Waals surface area contributed by atoms with Crippen LogP contribution in [0.1, 0.15) is 16.8 Å². The Morgan fingerprint density at radius 2 is 2.06 bits per heavy atom. The van der Waals surface area contributed by atoms with Crippen molar-refractivity contribution in [1.82, 2.24) is 25.0 Å². The van der Waals surface area contributed by atoms with E-state index in [1.165, 1.54) is 11.8 Å². The average Bonchev–Trinajstić information content (AvgIpc) is 2.70. The number of hydrogen-bond acceptors (Lipinski definition) is 6. The van der Waals surface area contributed by atoms with Gasteiger partial charge in [-0.2, -0.15) is 10.4 Å². The monoisotopic (exact) mass is 246 g/mol. The molecule has 0 spiro atoms. The van der Waals surface area contributed by atoms with Crippen molar-refractivity contribution in [2.75, 3.05) is 0 Å². The fraction of sp³-hybridized carbons (Fsp3) is 0.300. The van der Waals surface area contributed by atoms with Gasteiger partial charge in [0.25, 0.3) is 0 Å². The second-order valence-electron chi connectivity index (χ2n) is 3.53. The predicted octanol–water partition coefficient (Wildman–Crippen LogP) is 1.24. The Labute approximate surface area is 103 Å². The van der Waals surface area contributed by atoms with Crippen molar-refractivity contribution in [2.45, 2.75) is 24.0 Å². The van der Waals surface area contributed by atoms with Gasteiger partial charge in [0.2, 0.25) is 0 Å². The maximum atomic E-state index is 9.15. The molecule has 0 N–H and O–H groups in total. The first-order valence-corrected chi connectivity index (χ1v) is 5.71. The van der Waals surface area contributed by atoms with Crippen LogP contribution in [0.15, 0.2) is 16.5 Å². The van der Waals surface area contributed by atoms with E-state index in [1.54, 1.807) is 10.9 Å². The molecule has 7 heteroatoms. The molecule has 2 rings (SSSR count). The Morgan fingerprint density at radius 1 is 1.29 bits per heavy atom. The molecule has 0 atom stereocenters. The van der Waals surface area contributed by atoms with Crippen molar-refractivity contribution in [1.29, 1.82) is 5.26 Å². The molecule has 0 bridgehead atoms. The van der Waals surface area contributed by atoms with E-state index >= 15 is 0 Å². The lowest BCUT2D eigenvalue weighted by molar-refractivity contribution is 0.782. The van der Waals surface area contributed by atoms with Crippen LogP contribution in [0.5, 0.6) is 0 Å². The molecule has 0 aromatic carbocycles. The van der Waals surface area contributed by atoms with E-state index in [9.17, 15) is 0 Å². The SMILES string of the molecule is Cc1nnc(Sc2nncn2C)c(C#N)c1C. The minimum absolute atomic E-state index is 0.547. The highest BCUT2D eigenvalue weighted by molar-refractivity contribution is 7.99. The summed E-state index contributed by atoms with van der Waals surface area (Å²) in [5, 5.41) is 26.2. The highest BCUT2D eigenvalue weighted by Crippen LogP contribution is 2.27. The normalized spacial score (nSPS) is 10.2. The number of aryl methyl sites for hydroxylation is 2. The van der Waals surface area contributed by atoms with Gasteiger partial charge in [0.15, 0.2) is 5.16 Å². The lowest BCUT2D eigenvalue weighted by Crippen LogP contribution is -2.00. The summed E-state index contributed by atoms with van der Waals surface area (Å²) in [7, 11) is 1.84. The highest BCUT2D eigenvalue weighted by atomic mass is 32.2. The molecule has 0 amide bonds. The van der Waals surface area contributed by atoms with Crippen LogP contribution in [0.4, 0.5) is 0 Å². The topological polar surface area (TPSA) is 80.3 Å². The van der Waals surface area contributed by atoms with E-state index in [0.29, 0.717) is 15.7 Å². The number of rotatable bonds is 2. The molecule has 0 aliphatic rings. The van der Waals surface area contributed by atoms with E-state index in [1.807, 2.05) is 20.9 Å². The zero-order valence-electron chi connectivity index (χ0n) is 9.67. The minimum atomic E-state index is 0.547. The van der Waals surface area contributed by atoms with Crippen LogP contribution >= 0.6 is 11.8 Å². The second kappa shape index (κ2) is 4.51. The summed E-state index contributed by atoms with van der Waals surface area (Å²) in [6.45, 7) is 3.70. The summed E-state index contributed by atoms with van der Waals surface area (Å²) in [6, 6.07) is 2.16. The van der Waals surface area contributed by atoms with Gasteiger partial charge >= 0.3 is 0 Å². The van der Waals surface area contributed by atoms with Crippen LogP contribution in [0.3, 0.4) is 0 Å². The molecule has 86 valence electrons. The van der Waals surface area contributed by atoms with Gasteiger partial charge in [-0.1, -0.05) is 0 Å². The summed E-state index contributed by atoms with van der Waals surface area (Å²) in [5.41, 5.74) is 2.17. The number of hydrogen-bond donors (Lipinski definition) is 0. The number of nitrogens with zero attached hydrogens (tertiary/aromatic N) is 6. The molecule has 0 aliphatic carbocycles. The fourth-order valence-corrected chi connectivity index (χ4v) is 2.08. The molecule has 0 saturated carbocycles. The summed E-state index contributed by atoms with van der Waals surface area (Å²) in [4.78, 5) is 0. The van der Waals surface area contributed by atoms with E-state index < -0.39 is 0 Å². The molecule has 0 saturated heterocycles. The number of aromatic nitrogens is 5. The second-order valence-corrected chi connectivity index (χ2v) is 4.48. The third-order valence-corrected chi connectivity index (χ3v) is 3.42. The smallest absolute Gasteiger partial charge is 0.197 e. The molecule has 0 aliphatic heterocycles. The minimum Gasteiger partial charge on any atom is -0.311 e. The Bertz CT molecular complexity index is 597. The molecule has 0 fully saturated rings. The van der Waals surface area contributed by atoms with Crippen molar-refractivity contribution < 1.29 is 0 Å². The van der Waals surface area contributed by atoms with Crippen LogP contribution in [-0.2, 0) is 7.05 Å². The Morgan fingerprint density at radius 3 is 2.65 bits per heavy atom. The summed E-state index contributed by atoms with van der Waals surface area (Å²) in [6.07, 6.45) is 1.60. The fourth-order valence-electron chi connectivity index (χ4n) is 1.24. The van der Waals surface area contributed by atoms with Crippen molar-refractivity contribution in [3.8, 4) is 6.07 Å². The predicted molar refractivity (Wildman–Crippen MR) is 61.3 cm³/mol. The van der Waals surface area contributed by atoms with Crippen LogP contribution < -0.4 is 0 Å². The summed E-state index contributed by atoms with van der Waals surface area (Å²) >= 11 is 1.29. The molecular formula is C10H10N6S. The highest BCUT2D eigenvalue weighted by Gasteiger charge is 2.14. The van der Waals surface area contributed by atoms with Gasteiger partial charge in [0, 0.05) is 7.05 Å². The first-order chi connectivity index (χ1) is 8.13. The largest absolute Gasteiger partial charge is 0.311 e. The lowest BCUT2D eigenvalue weighted by atomic mass is 10.1. The molecule has 17 heavy (non-hydrogen) atoms. The molecular weight excluding hydrogens is 236 g/mol. The van der Waals surface area contributed by atoms with Crippen molar-refractivity contribution in [3.05, 3.63) is 23.1 Å². The van der Waals surface area contributed by atoms with Crippen LogP contribution in [0.2, 0.25) is 0 Å². The van der Waals surface area contributed by atoms with Gasteiger partial charge in [0.1, 0.15) is 17.4 Å². The van der Waals surface area contributed by atoms with Gasteiger partial charge in [-0.05, 0) is 31.2 Å². The molecule has 2 aromatic rings. The van der Waals surface area contributed by atoms with Crippen LogP contribution in [0, 0.1) is 25.2 Å². The van der Waals surface area contributed by atoms with Gasteiger partial charge in [-0.15, -0.1) is 15.3 Å². The molecule has 2 heterocycles. The third-order valence-electron chi connectivity index (χ3n) is 2.39. The molecule has 0 radical (unpaired) electrons. The maximum Gasteiger partial charge on any atom is 0.197 e. The van der Waals surface area contributed by atoms with E-state index in [-0.39, 0.29) is 0 Å².